The van der Waals surface area contributed by atoms with E-state index in [1.165, 1.54) is 7.11 Å². The van der Waals surface area contributed by atoms with Gasteiger partial charge in [0, 0.05) is 13.5 Å². The van der Waals surface area contributed by atoms with Gasteiger partial charge in [-0.2, -0.15) is 13.2 Å². The van der Waals surface area contributed by atoms with Gasteiger partial charge in [0.1, 0.15) is 0 Å². The van der Waals surface area contributed by atoms with Crippen LogP contribution in [0.25, 0.3) is 0 Å². The molecule has 5 nitrogen and oxygen atoms in total. The second-order valence-corrected chi connectivity index (χ2v) is 3.67. The average Bonchev–Trinajstić information content (AvgIpc) is 2.69. The number of rotatable bonds is 5. The molecule has 0 aromatic carbocycles. The highest BCUT2D eigenvalue weighted by atomic mass is 19.4. The molecule has 1 aromatic heterocycles. The molecule has 0 aliphatic rings. The molecular weight excluding hydrogens is 255 g/mol. The van der Waals surface area contributed by atoms with Gasteiger partial charge in [0.2, 0.25) is 5.76 Å². The van der Waals surface area contributed by atoms with Crippen LogP contribution in [0, 0.1) is 0 Å². The van der Waals surface area contributed by atoms with Crippen LogP contribution >= 0.6 is 0 Å². The highest BCUT2D eigenvalue weighted by molar-refractivity contribution is 5.85. The van der Waals surface area contributed by atoms with E-state index in [1.807, 2.05) is 0 Å². The first kappa shape index (κ1) is 14.5. The van der Waals surface area contributed by atoms with Crippen LogP contribution in [0.1, 0.15) is 35.5 Å². The fourth-order valence-corrected chi connectivity index (χ4v) is 1.25. The van der Waals surface area contributed by atoms with Crippen LogP contribution in [-0.4, -0.2) is 29.3 Å². The molecular formula is C10H12F3NO4. The van der Waals surface area contributed by atoms with Gasteiger partial charge >= 0.3 is 12.1 Å². The van der Waals surface area contributed by atoms with E-state index in [2.05, 4.69) is 9.40 Å². The average molecular weight is 267 g/mol. The van der Waals surface area contributed by atoms with Crippen molar-refractivity contribution in [2.75, 3.05) is 7.11 Å². The van der Waals surface area contributed by atoms with Crippen molar-refractivity contribution in [2.24, 2.45) is 0 Å². The molecule has 1 heterocycles. The predicted octanol–water partition coefficient (Wildman–Crippen LogP) is 2.36. The number of hydrogen-bond acceptors (Lipinski definition) is 4. The first-order valence-electron chi connectivity index (χ1n) is 5.08. The third kappa shape index (κ3) is 3.46. The second-order valence-electron chi connectivity index (χ2n) is 3.67. The molecule has 1 N–H and O–H groups in total. The third-order valence-electron chi connectivity index (χ3n) is 2.30. The molecule has 1 atom stereocenters. The minimum Gasteiger partial charge on any atom is -0.475 e. The zero-order valence-corrected chi connectivity index (χ0v) is 9.74. The minimum absolute atomic E-state index is 0.0748. The number of hydrogen-bond donors (Lipinski definition) is 1. The van der Waals surface area contributed by atoms with E-state index in [0.717, 1.165) is 0 Å². The predicted molar refractivity (Wildman–Crippen MR) is 53.3 cm³/mol. The summed E-state index contributed by atoms with van der Waals surface area (Å²) in [5, 5.41) is 8.61. The normalized spacial score (nSPS) is 13.6. The topological polar surface area (TPSA) is 72.6 Å². The van der Waals surface area contributed by atoms with E-state index < -0.39 is 23.6 Å². The van der Waals surface area contributed by atoms with E-state index in [1.54, 1.807) is 6.92 Å². The molecule has 0 fully saturated rings. The smallest absolute Gasteiger partial charge is 0.437 e. The second kappa shape index (κ2) is 5.38. The highest BCUT2D eigenvalue weighted by Crippen LogP contribution is 2.32. The van der Waals surface area contributed by atoms with Gasteiger partial charge in [0.05, 0.1) is 6.10 Å². The third-order valence-corrected chi connectivity index (χ3v) is 2.30. The molecule has 0 aliphatic heterocycles. The zero-order chi connectivity index (χ0) is 13.9. The maximum atomic E-state index is 12.5. The summed E-state index contributed by atoms with van der Waals surface area (Å²) >= 11 is 0. The Morgan fingerprint density at radius 3 is 2.56 bits per heavy atom. The molecule has 8 heteroatoms. The molecule has 0 spiro atoms. The minimum atomic E-state index is -4.84. The van der Waals surface area contributed by atoms with Crippen molar-refractivity contribution in [2.45, 2.75) is 32.0 Å². The van der Waals surface area contributed by atoms with Gasteiger partial charge in [-0.05, 0) is 13.3 Å². The van der Waals surface area contributed by atoms with E-state index >= 15 is 0 Å². The van der Waals surface area contributed by atoms with Gasteiger partial charge < -0.3 is 14.3 Å². The highest BCUT2D eigenvalue weighted by Gasteiger charge is 2.41. The number of aromatic carboxylic acids is 1. The first-order valence-corrected chi connectivity index (χ1v) is 5.08. The number of carboxylic acid groups (broad SMARTS) is 1. The number of nitrogens with zero attached hydrogens (tertiary/aromatic N) is 1. The molecule has 18 heavy (non-hydrogen) atoms. The summed E-state index contributed by atoms with van der Waals surface area (Å²) in [5.74, 6) is -3.23. The summed E-state index contributed by atoms with van der Waals surface area (Å²) in [7, 11) is 1.46. The van der Waals surface area contributed by atoms with E-state index in [4.69, 9.17) is 9.84 Å². The van der Waals surface area contributed by atoms with Crippen LogP contribution in [0.15, 0.2) is 4.42 Å². The zero-order valence-electron chi connectivity index (χ0n) is 9.74. The number of oxazole rings is 1. The summed E-state index contributed by atoms with van der Waals surface area (Å²) in [6.07, 6.45) is -4.57. The van der Waals surface area contributed by atoms with Crippen LogP contribution < -0.4 is 0 Å². The molecule has 0 saturated carbocycles. The largest absolute Gasteiger partial charge is 0.475 e. The number of carbonyl (C=O) groups is 1. The molecule has 0 saturated heterocycles. The molecule has 0 aliphatic carbocycles. The number of aromatic nitrogens is 1. The Morgan fingerprint density at radius 2 is 2.17 bits per heavy atom. The van der Waals surface area contributed by atoms with E-state index in [0.29, 0.717) is 6.42 Å². The molecule has 0 bridgehead atoms. The number of aryl methyl sites for hydroxylation is 1. The molecule has 102 valence electrons. The summed E-state index contributed by atoms with van der Waals surface area (Å²) in [4.78, 5) is 13.8. The van der Waals surface area contributed by atoms with Crippen LogP contribution in [0.2, 0.25) is 0 Å². The fraction of sp³-hybridized carbons (Fsp3) is 0.600. The van der Waals surface area contributed by atoms with Crippen molar-refractivity contribution < 1.29 is 32.2 Å². The van der Waals surface area contributed by atoms with Crippen molar-refractivity contribution in [3.05, 3.63) is 17.3 Å². The molecule has 1 unspecified atom stereocenters. The Bertz CT molecular complexity index is 427. The number of carboxylic acids is 1. The van der Waals surface area contributed by atoms with Crippen LogP contribution in [0.3, 0.4) is 0 Å². The van der Waals surface area contributed by atoms with Gasteiger partial charge in [0.25, 0.3) is 0 Å². The number of methoxy groups -OCH3 is 1. The number of ether oxygens (including phenoxy) is 1. The maximum Gasteiger partial charge on any atom is 0.437 e. The number of halogens is 3. The van der Waals surface area contributed by atoms with Crippen LogP contribution in [-0.2, 0) is 17.3 Å². The van der Waals surface area contributed by atoms with Gasteiger partial charge in [-0.3, -0.25) is 0 Å². The molecule has 0 radical (unpaired) electrons. The van der Waals surface area contributed by atoms with Crippen molar-refractivity contribution >= 4 is 5.97 Å². The Kier molecular flexibility index (Phi) is 4.33. The lowest BCUT2D eigenvalue weighted by Gasteiger charge is -2.06. The van der Waals surface area contributed by atoms with Crippen molar-refractivity contribution in [3.8, 4) is 0 Å². The molecule has 1 rings (SSSR count). The lowest BCUT2D eigenvalue weighted by molar-refractivity contribution is -0.141. The van der Waals surface area contributed by atoms with Crippen molar-refractivity contribution in [3.63, 3.8) is 0 Å². The van der Waals surface area contributed by atoms with Crippen molar-refractivity contribution in [1.82, 2.24) is 4.98 Å². The van der Waals surface area contributed by atoms with Gasteiger partial charge in [0.15, 0.2) is 11.6 Å². The summed E-state index contributed by atoms with van der Waals surface area (Å²) in [5.41, 5.74) is -1.50. The Balaban J connectivity index is 2.93. The summed E-state index contributed by atoms with van der Waals surface area (Å²) < 4.78 is 47.0. The Hall–Kier alpha value is -1.57. The Morgan fingerprint density at radius 1 is 1.56 bits per heavy atom. The fourth-order valence-electron chi connectivity index (χ4n) is 1.25. The maximum absolute atomic E-state index is 12.5. The van der Waals surface area contributed by atoms with Gasteiger partial charge in [-0.1, -0.05) is 0 Å². The first-order chi connectivity index (χ1) is 8.25. The summed E-state index contributed by atoms with van der Waals surface area (Å²) in [6.45, 7) is 1.73. The summed E-state index contributed by atoms with van der Waals surface area (Å²) in [6, 6.07) is 0. The molecule has 1 aromatic rings. The monoisotopic (exact) mass is 267 g/mol. The lowest BCUT2D eigenvalue weighted by Crippen LogP contribution is -2.11. The van der Waals surface area contributed by atoms with E-state index in [-0.39, 0.29) is 18.4 Å². The SMILES string of the molecule is COC(C)CCc1nc(C(F)(F)F)c(C(=O)O)o1. The van der Waals surface area contributed by atoms with Crippen LogP contribution in [0.5, 0.6) is 0 Å². The van der Waals surface area contributed by atoms with Gasteiger partial charge in [-0.15, -0.1) is 0 Å². The molecule has 0 amide bonds. The van der Waals surface area contributed by atoms with Gasteiger partial charge in [-0.25, -0.2) is 9.78 Å². The van der Waals surface area contributed by atoms with E-state index in [9.17, 15) is 18.0 Å². The number of alkyl halides is 3. The van der Waals surface area contributed by atoms with Crippen molar-refractivity contribution in [1.29, 1.82) is 0 Å². The standard InChI is InChI=1S/C10H12F3NO4/c1-5(17-2)3-4-6-14-8(10(11,12)13)7(18-6)9(15)16/h5H,3-4H2,1-2H3,(H,15,16). The Labute approximate surface area is 101 Å². The quantitative estimate of drug-likeness (QED) is 0.886. The van der Waals surface area contributed by atoms with Crippen LogP contribution in [0.4, 0.5) is 13.2 Å². The lowest BCUT2D eigenvalue weighted by atomic mass is 10.2.